The van der Waals surface area contributed by atoms with Crippen molar-refractivity contribution in [1.82, 2.24) is 0 Å². The topological polar surface area (TPSA) is 98.5 Å². The molecule has 0 aliphatic carbocycles. The van der Waals surface area contributed by atoms with Crippen LogP contribution >= 0.6 is 0 Å². The molecule has 0 aromatic heterocycles. The van der Waals surface area contributed by atoms with Gasteiger partial charge < -0.3 is 9.50 Å². The number of fused-ring (bicyclic) bond motifs is 1. The molecular weight excluding hydrogens is 304 g/mol. The Hall–Kier alpha value is -2.38. The molecule has 1 heterocycles. The van der Waals surface area contributed by atoms with Crippen molar-refractivity contribution in [3.63, 3.8) is 0 Å². The number of amides is 1. The fourth-order valence-electron chi connectivity index (χ4n) is 2.51. The number of benzene rings is 2. The molecular formula is C15H14N2O4S. The van der Waals surface area contributed by atoms with Crippen LogP contribution in [0.15, 0.2) is 48.5 Å². The van der Waals surface area contributed by atoms with Crippen molar-refractivity contribution in [1.29, 1.82) is 0 Å². The molecule has 0 saturated carbocycles. The van der Waals surface area contributed by atoms with Gasteiger partial charge in [-0.2, -0.15) is 13.6 Å². The third-order valence-corrected chi connectivity index (χ3v) is 3.94. The second-order valence-electron chi connectivity index (χ2n) is 5.05. The van der Waals surface area contributed by atoms with Crippen molar-refractivity contribution in [2.45, 2.75) is 12.3 Å². The molecule has 3 rings (SSSR count). The number of para-hydroxylation sites is 1. The minimum atomic E-state index is -4.04. The molecule has 1 aliphatic heterocycles. The number of rotatable bonds is 3. The third kappa shape index (κ3) is 3.10. The fourth-order valence-corrected chi connectivity index (χ4v) is 2.89. The van der Waals surface area contributed by atoms with Crippen LogP contribution in [0.3, 0.4) is 0 Å². The standard InChI is InChI=1S/C15H14N2O4S/c16-22(19,20)21-12-7-5-10(6-8-12)13-9-11-3-1-2-4-14(11)17-15(13)18/h1-8,13H,9H2,(H,17,18)(H2,16,19,20)/t13-/m0/s1. The molecule has 7 heteroatoms. The van der Waals surface area contributed by atoms with Crippen LogP contribution in [0.5, 0.6) is 5.75 Å². The van der Waals surface area contributed by atoms with Gasteiger partial charge in [0.05, 0.1) is 5.92 Å². The molecule has 6 nitrogen and oxygen atoms in total. The van der Waals surface area contributed by atoms with E-state index >= 15 is 0 Å². The summed E-state index contributed by atoms with van der Waals surface area (Å²) in [7, 11) is -4.04. The van der Waals surface area contributed by atoms with E-state index in [0.717, 1.165) is 16.8 Å². The number of carbonyl (C=O) groups excluding carboxylic acids is 1. The Bertz CT molecular complexity index is 816. The Kier molecular flexibility index (Phi) is 3.59. The monoisotopic (exact) mass is 318 g/mol. The van der Waals surface area contributed by atoms with E-state index in [9.17, 15) is 13.2 Å². The van der Waals surface area contributed by atoms with Gasteiger partial charge in [-0.1, -0.05) is 30.3 Å². The van der Waals surface area contributed by atoms with E-state index < -0.39 is 10.3 Å². The summed E-state index contributed by atoms with van der Waals surface area (Å²) in [5.74, 6) is -0.292. The van der Waals surface area contributed by atoms with E-state index in [2.05, 4.69) is 9.50 Å². The van der Waals surface area contributed by atoms with Crippen LogP contribution in [0.25, 0.3) is 0 Å². The van der Waals surface area contributed by atoms with Crippen molar-refractivity contribution >= 4 is 21.9 Å². The van der Waals surface area contributed by atoms with Crippen LogP contribution in [-0.2, 0) is 21.5 Å². The van der Waals surface area contributed by atoms with Crippen molar-refractivity contribution in [3.8, 4) is 5.75 Å². The zero-order valence-electron chi connectivity index (χ0n) is 11.5. The predicted molar refractivity (Wildman–Crippen MR) is 81.7 cm³/mol. The average molecular weight is 318 g/mol. The zero-order valence-corrected chi connectivity index (χ0v) is 12.3. The lowest BCUT2D eigenvalue weighted by molar-refractivity contribution is -0.117. The Morgan fingerprint density at radius 3 is 2.45 bits per heavy atom. The molecule has 0 saturated heterocycles. The van der Waals surface area contributed by atoms with Crippen LogP contribution in [0.2, 0.25) is 0 Å². The lowest BCUT2D eigenvalue weighted by Gasteiger charge is -2.24. The minimum Gasteiger partial charge on any atom is -0.371 e. The zero-order chi connectivity index (χ0) is 15.7. The molecule has 0 fully saturated rings. The number of carbonyl (C=O) groups is 1. The molecule has 1 aliphatic rings. The lowest BCUT2D eigenvalue weighted by atomic mass is 9.87. The van der Waals surface area contributed by atoms with Crippen molar-refractivity contribution < 1.29 is 17.4 Å². The van der Waals surface area contributed by atoms with E-state index in [1.54, 1.807) is 12.1 Å². The van der Waals surface area contributed by atoms with Gasteiger partial charge in [0, 0.05) is 5.69 Å². The van der Waals surface area contributed by atoms with Crippen LogP contribution in [-0.4, -0.2) is 14.3 Å². The molecule has 0 radical (unpaired) electrons. The second-order valence-corrected chi connectivity index (χ2v) is 6.20. The Balaban J connectivity index is 1.84. The Morgan fingerprint density at radius 2 is 1.77 bits per heavy atom. The molecule has 3 N–H and O–H groups in total. The van der Waals surface area contributed by atoms with Crippen LogP contribution in [0, 0.1) is 0 Å². The van der Waals surface area contributed by atoms with E-state index in [-0.39, 0.29) is 17.6 Å². The van der Waals surface area contributed by atoms with Gasteiger partial charge in [0.2, 0.25) is 5.91 Å². The number of nitrogens with two attached hydrogens (primary N) is 1. The quantitative estimate of drug-likeness (QED) is 0.897. The van der Waals surface area contributed by atoms with Gasteiger partial charge in [0.25, 0.3) is 0 Å². The van der Waals surface area contributed by atoms with Gasteiger partial charge in [-0.15, -0.1) is 0 Å². The van der Waals surface area contributed by atoms with E-state index in [1.165, 1.54) is 12.1 Å². The van der Waals surface area contributed by atoms with Gasteiger partial charge in [-0.25, -0.2) is 0 Å². The van der Waals surface area contributed by atoms with Crippen LogP contribution < -0.4 is 14.6 Å². The lowest BCUT2D eigenvalue weighted by Crippen LogP contribution is -2.28. The smallest absolute Gasteiger partial charge is 0.371 e. The third-order valence-electron chi connectivity index (χ3n) is 3.51. The average Bonchev–Trinajstić information content (AvgIpc) is 2.46. The van der Waals surface area contributed by atoms with Gasteiger partial charge in [0.15, 0.2) is 0 Å². The summed E-state index contributed by atoms with van der Waals surface area (Å²) < 4.78 is 26.3. The summed E-state index contributed by atoms with van der Waals surface area (Å²) in [6, 6.07) is 13.9. The maximum absolute atomic E-state index is 12.2. The van der Waals surface area contributed by atoms with Gasteiger partial charge >= 0.3 is 10.3 Å². The molecule has 1 amide bonds. The van der Waals surface area contributed by atoms with E-state index in [1.807, 2.05) is 24.3 Å². The maximum atomic E-state index is 12.2. The van der Waals surface area contributed by atoms with Gasteiger partial charge in [-0.05, 0) is 35.7 Å². The molecule has 22 heavy (non-hydrogen) atoms. The highest BCUT2D eigenvalue weighted by atomic mass is 32.2. The normalized spacial score (nSPS) is 17.5. The SMILES string of the molecule is NS(=O)(=O)Oc1ccc([C@@H]2Cc3ccccc3NC2=O)cc1. The van der Waals surface area contributed by atoms with Crippen molar-refractivity contribution in [2.24, 2.45) is 5.14 Å². The first-order valence-corrected chi connectivity index (χ1v) is 8.10. The van der Waals surface area contributed by atoms with Crippen molar-refractivity contribution in [2.75, 3.05) is 5.32 Å². The highest BCUT2D eigenvalue weighted by Gasteiger charge is 2.27. The highest BCUT2D eigenvalue weighted by molar-refractivity contribution is 7.84. The molecule has 0 spiro atoms. The number of nitrogens with one attached hydrogen (secondary N) is 1. The summed E-state index contributed by atoms with van der Waals surface area (Å²) in [4.78, 5) is 12.2. The molecule has 2 aromatic carbocycles. The van der Waals surface area contributed by atoms with Gasteiger partial charge in [-0.3, -0.25) is 4.79 Å². The summed E-state index contributed by atoms with van der Waals surface area (Å²) in [5.41, 5.74) is 2.68. The van der Waals surface area contributed by atoms with Crippen LogP contribution in [0.4, 0.5) is 5.69 Å². The molecule has 2 aromatic rings. The number of anilines is 1. The number of hydrogen-bond donors (Lipinski definition) is 2. The number of hydrogen-bond acceptors (Lipinski definition) is 4. The fraction of sp³-hybridized carbons (Fsp3) is 0.133. The van der Waals surface area contributed by atoms with Gasteiger partial charge in [0.1, 0.15) is 5.75 Å². The maximum Gasteiger partial charge on any atom is 0.380 e. The van der Waals surface area contributed by atoms with E-state index in [0.29, 0.717) is 6.42 Å². The first kappa shape index (κ1) is 14.6. The Morgan fingerprint density at radius 1 is 1.09 bits per heavy atom. The largest absolute Gasteiger partial charge is 0.380 e. The molecule has 114 valence electrons. The second kappa shape index (κ2) is 5.43. The van der Waals surface area contributed by atoms with Crippen molar-refractivity contribution in [3.05, 3.63) is 59.7 Å². The summed E-state index contributed by atoms with van der Waals surface area (Å²) in [6.07, 6.45) is 0.595. The molecule has 1 atom stereocenters. The summed E-state index contributed by atoms with van der Waals surface area (Å²) in [5, 5.41) is 7.68. The molecule has 0 bridgehead atoms. The Labute approximate surface area is 128 Å². The minimum absolute atomic E-state index is 0.0844. The summed E-state index contributed by atoms with van der Waals surface area (Å²) >= 11 is 0. The molecule has 0 unspecified atom stereocenters. The first-order chi connectivity index (χ1) is 10.4. The van der Waals surface area contributed by atoms with Crippen LogP contribution in [0.1, 0.15) is 17.0 Å². The highest BCUT2D eigenvalue weighted by Crippen LogP contribution is 2.31. The predicted octanol–water partition coefficient (Wildman–Crippen LogP) is 1.55. The van der Waals surface area contributed by atoms with E-state index in [4.69, 9.17) is 5.14 Å². The summed E-state index contributed by atoms with van der Waals surface area (Å²) in [6.45, 7) is 0. The first-order valence-electron chi connectivity index (χ1n) is 6.63.